The van der Waals surface area contributed by atoms with Gasteiger partial charge in [0.2, 0.25) is 0 Å². The molecule has 0 spiro atoms. The maximum Gasteiger partial charge on any atom is 0.0900 e. The Labute approximate surface area is 132 Å². The number of para-hydroxylation sites is 1. The first-order valence-corrected chi connectivity index (χ1v) is 8.10. The van der Waals surface area contributed by atoms with E-state index in [2.05, 4.69) is 51.7 Å². The van der Waals surface area contributed by atoms with Crippen molar-refractivity contribution in [2.24, 2.45) is 7.05 Å². The summed E-state index contributed by atoms with van der Waals surface area (Å²) in [5, 5.41) is 12.1. The molecule has 0 aliphatic carbocycles. The number of nitrogens with zero attached hydrogens (tertiary/aromatic N) is 3. The third kappa shape index (κ3) is 3.19. The van der Waals surface area contributed by atoms with Gasteiger partial charge in [-0.05, 0) is 51.0 Å². The minimum absolute atomic E-state index is 0.577. The Bertz CT molecular complexity index is 649. The van der Waals surface area contributed by atoms with Gasteiger partial charge >= 0.3 is 0 Å². The Morgan fingerprint density at radius 2 is 2.05 bits per heavy atom. The van der Waals surface area contributed by atoms with E-state index in [-0.39, 0.29) is 0 Å². The van der Waals surface area contributed by atoms with Crippen LogP contribution in [0.2, 0.25) is 0 Å². The van der Waals surface area contributed by atoms with Crippen LogP contribution in [0.3, 0.4) is 0 Å². The summed E-state index contributed by atoms with van der Waals surface area (Å²) in [5.41, 5.74) is 2.01. The molecule has 0 radical (unpaired) electrons. The maximum atomic E-state index is 10.8. The lowest BCUT2D eigenvalue weighted by molar-refractivity contribution is -0.0483. The fourth-order valence-corrected chi connectivity index (χ4v) is 3.79. The Hall–Kier alpha value is -1.36. The largest absolute Gasteiger partial charge is 0.387 e. The summed E-state index contributed by atoms with van der Waals surface area (Å²) in [6.45, 7) is 3.46. The summed E-state index contributed by atoms with van der Waals surface area (Å²) in [6.07, 6.45) is 1.96. The number of benzene rings is 1. The number of hydrogen-bond donors (Lipinski definition) is 1. The van der Waals surface area contributed by atoms with Crippen LogP contribution in [-0.4, -0.2) is 58.8 Å². The van der Waals surface area contributed by atoms with Gasteiger partial charge < -0.3 is 14.6 Å². The fraction of sp³-hybridized carbons (Fsp3) is 0.556. The van der Waals surface area contributed by atoms with Crippen molar-refractivity contribution < 1.29 is 5.11 Å². The number of aliphatic hydroxyl groups is 1. The number of β-amino-alcohol motifs (C(OH)–C–C–N with tert-alkyl or cyclic N) is 1. The Morgan fingerprint density at radius 3 is 2.77 bits per heavy atom. The van der Waals surface area contributed by atoms with Crippen LogP contribution in [0.25, 0.3) is 10.9 Å². The molecule has 0 bridgehead atoms. The van der Waals surface area contributed by atoms with E-state index >= 15 is 0 Å². The molecule has 1 atom stereocenters. The minimum Gasteiger partial charge on any atom is -0.387 e. The second-order valence-corrected chi connectivity index (χ2v) is 7.03. The van der Waals surface area contributed by atoms with Crippen molar-refractivity contribution in [3.63, 3.8) is 0 Å². The molecule has 1 aromatic carbocycles. The van der Waals surface area contributed by atoms with Gasteiger partial charge in [0, 0.05) is 37.9 Å². The van der Waals surface area contributed by atoms with Crippen LogP contribution in [0.1, 0.15) is 18.5 Å². The summed E-state index contributed by atoms with van der Waals surface area (Å²) in [6, 6.07) is 10.8. The lowest BCUT2D eigenvalue weighted by Gasteiger charge is -2.40. The van der Waals surface area contributed by atoms with Gasteiger partial charge in [-0.25, -0.2) is 0 Å². The van der Waals surface area contributed by atoms with Gasteiger partial charge in [-0.1, -0.05) is 18.2 Å². The summed E-state index contributed by atoms with van der Waals surface area (Å²) in [7, 11) is 6.19. The van der Waals surface area contributed by atoms with E-state index in [1.54, 1.807) is 0 Å². The topological polar surface area (TPSA) is 31.6 Å². The normalized spacial score (nSPS) is 23.5. The summed E-state index contributed by atoms with van der Waals surface area (Å²) < 4.78 is 2.27. The average molecular weight is 301 g/mol. The van der Waals surface area contributed by atoms with E-state index in [1.165, 1.54) is 16.6 Å². The number of piperidine rings is 1. The van der Waals surface area contributed by atoms with E-state index in [0.29, 0.717) is 0 Å². The predicted molar refractivity (Wildman–Crippen MR) is 90.9 cm³/mol. The Balaban J connectivity index is 1.75. The van der Waals surface area contributed by atoms with Gasteiger partial charge in [-0.15, -0.1) is 0 Å². The first-order valence-electron chi connectivity index (χ1n) is 8.10. The molecule has 1 fully saturated rings. The highest BCUT2D eigenvalue weighted by Crippen LogP contribution is 2.25. The van der Waals surface area contributed by atoms with Crippen LogP contribution in [0.15, 0.2) is 30.3 Å². The number of hydrogen-bond acceptors (Lipinski definition) is 3. The van der Waals surface area contributed by atoms with Gasteiger partial charge in [0.25, 0.3) is 0 Å². The molecule has 2 heterocycles. The molecule has 4 heteroatoms. The van der Waals surface area contributed by atoms with Gasteiger partial charge in [-0.3, -0.25) is 4.90 Å². The van der Waals surface area contributed by atoms with Gasteiger partial charge in [-0.2, -0.15) is 0 Å². The molecule has 22 heavy (non-hydrogen) atoms. The molecule has 1 saturated heterocycles. The van der Waals surface area contributed by atoms with Crippen molar-refractivity contribution in [1.82, 2.24) is 14.4 Å². The van der Waals surface area contributed by atoms with E-state index in [0.717, 1.165) is 39.0 Å². The summed E-state index contributed by atoms with van der Waals surface area (Å²) in [4.78, 5) is 4.47. The highest BCUT2D eigenvalue weighted by Gasteiger charge is 2.33. The Kier molecular flexibility index (Phi) is 4.26. The predicted octanol–water partition coefficient (Wildman–Crippen LogP) is 2.07. The van der Waals surface area contributed by atoms with Crippen LogP contribution >= 0.6 is 0 Å². The van der Waals surface area contributed by atoms with Crippen LogP contribution in [-0.2, 0) is 13.6 Å². The van der Waals surface area contributed by atoms with E-state index in [1.807, 2.05) is 14.1 Å². The molecule has 1 aliphatic rings. The van der Waals surface area contributed by atoms with Crippen molar-refractivity contribution in [3.05, 3.63) is 36.0 Å². The number of rotatable bonds is 4. The van der Waals surface area contributed by atoms with Crippen molar-refractivity contribution in [2.45, 2.75) is 25.0 Å². The van der Waals surface area contributed by atoms with Crippen molar-refractivity contribution >= 4 is 10.9 Å². The Morgan fingerprint density at radius 1 is 1.27 bits per heavy atom. The van der Waals surface area contributed by atoms with Crippen molar-refractivity contribution in [2.75, 3.05) is 33.7 Å². The number of fused-ring (bicyclic) bond motifs is 1. The van der Waals surface area contributed by atoms with E-state index in [4.69, 9.17) is 0 Å². The quantitative estimate of drug-likeness (QED) is 0.938. The highest BCUT2D eigenvalue weighted by atomic mass is 16.3. The molecule has 3 rings (SSSR count). The van der Waals surface area contributed by atoms with Gasteiger partial charge in [0.05, 0.1) is 5.60 Å². The molecule has 1 N–H and O–H groups in total. The minimum atomic E-state index is -0.577. The average Bonchev–Trinajstić information content (AvgIpc) is 2.75. The van der Waals surface area contributed by atoms with Gasteiger partial charge in [0.1, 0.15) is 0 Å². The zero-order valence-electron chi connectivity index (χ0n) is 13.9. The number of aryl methyl sites for hydroxylation is 1. The maximum absolute atomic E-state index is 10.8. The van der Waals surface area contributed by atoms with Crippen LogP contribution in [0.5, 0.6) is 0 Å². The molecular weight excluding hydrogens is 274 g/mol. The lowest BCUT2D eigenvalue weighted by Crippen LogP contribution is -2.52. The first-order chi connectivity index (χ1) is 10.5. The molecule has 120 valence electrons. The molecule has 2 aromatic rings. The molecule has 4 nitrogen and oxygen atoms in total. The van der Waals surface area contributed by atoms with Crippen LogP contribution in [0.4, 0.5) is 0 Å². The standard InChI is InChI=1S/C18H27N3O/c1-19(2)13-18(22)9-6-10-21(14-18)12-16-11-15-7-4-5-8-17(15)20(16)3/h4-5,7-8,11,22H,6,9-10,12-14H2,1-3H3. The zero-order chi connectivity index (χ0) is 15.7. The van der Waals surface area contributed by atoms with E-state index in [9.17, 15) is 5.11 Å². The number of likely N-dealkylation sites (tertiary alicyclic amines) is 1. The second-order valence-electron chi connectivity index (χ2n) is 7.03. The molecule has 0 amide bonds. The molecule has 1 unspecified atom stereocenters. The molecular formula is C18H27N3O. The SMILES string of the molecule is CN(C)CC1(O)CCCN(Cc2cc3ccccc3n2C)C1. The molecule has 1 aliphatic heterocycles. The van der Waals surface area contributed by atoms with Crippen molar-refractivity contribution in [3.8, 4) is 0 Å². The summed E-state index contributed by atoms with van der Waals surface area (Å²) >= 11 is 0. The molecule has 0 saturated carbocycles. The highest BCUT2D eigenvalue weighted by molar-refractivity contribution is 5.81. The lowest BCUT2D eigenvalue weighted by atomic mass is 9.92. The third-order valence-electron chi connectivity index (χ3n) is 4.68. The molecule has 1 aromatic heterocycles. The van der Waals surface area contributed by atoms with Gasteiger partial charge in [0.15, 0.2) is 0 Å². The van der Waals surface area contributed by atoms with Crippen molar-refractivity contribution in [1.29, 1.82) is 0 Å². The second kappa shape index (κ2) is 6.03. The third-order valence-corrected chi connectivity index (χ3v) is 4.68. The number of likely N-dealkylation sites (N-methyl/N-ethyl adjacent to an activating group) is 1. The monoisotopic (exact) mass is 301 g/mol. The summed E-state index contributed by atoms with van der Waals surface area (Å²) in [5.74, 6) is 0. The smallest absolute Gasteiger partial charge is 0.0900 e. The van der Waals surface area contributed by atoms with E-state index < -0.39 is 5.60 Å². The zero-order valence-corrected chi connectivity index (χ0v) is 13.9. The van der Waals surface area contributed by atoms with Crippen LogP contribution < -0.4 is 0 Å². The fourth-order valence-electron chi connectivity index (χ4n) is 3.79. The van der Waals surface area contributed by atoms with Crippen LogP contribution in [0, 0.1) is 0 Å². The number of aromatic nitrogens is 1. The first kappa shape index (κ1) is 15.5.